The first-order chi connectivity index (χ1) is 18.5. The van der Waals surface area contributed by atoms with Gasteiger partial charge in [-0.05, 0) is 68.4 Å². The molecule has 0 radical (unpaired) electrons. The zero-order chi connectivity index (χ0) is 28.3. The van der Waals surface area contributed by atoms with Crippen molar-refractivity contribution < 1.29 is 13.2 Å². The van der Waals surface area contributed by atoms with Crippen LogP contribution in [0.4, 0.5) is 5.69 Å². The number of aromatic nitrogens is 1. The molecule has 0 bridgehead atoms. The van der Waals surface area contributed by atoms with Crippen LogP contribution in [-0.2, 0) is 14.8 Å². The summed E-state index contributed by atoms with van der Waals surface area (Å²) in [6.07, 6.45) is 1.48. The van der Waals surface area contributed by atoms with Gasteiger partial charge < -0.3 is 4.57 Å². The molecule has 0 aliphatic heterocycles. The zero-order valence-corrected chi connectivity index (χ0v) is 24.5. The van der Waals surface area contributed by atoms with E-state index in [2.05, 4.69) is 10.5 Å². The minimum absolute atomic E-state index is 0.0134. The van der Waals surface area contributed by atoms with Crippen molar-refractivity contribution >= 4 is 74.2 Å². The Balaban J connectivity index is 1.58. The van der Waals surface area contributed by atoms with Crippen LogP contribution in [0.15, 0.2) is 82.8 Å². The molecule has 0 spiro atoms. The average molecular weight is 624 g/mol. The third-order valence-corrected chi connectivity index (χ3v) is 8.90. The smallest absolute Gasteiger partial charge is 0.264 e. The lowest BCUT2D eigenvalue weighted by molar-refractivity contribution is -0.119. The Morgan fingerprint density at radius 3 is 2.31 bits per heavy atom. The molecule has 1 N–H and O–H groups in total. The molecule has 4 aromatic rings. The fourth-order valence-corrected chi connectivity index (χ4v) is 6.06. The number of sulfonamides is 1. The number of hydrazone groups is 1. The van der Waals surface area contributed by atoms with Gasteiger partial charge in [0.05, 0.1) is 37.6 Å². The number of benzene rings is 3. The van der Waals surface area contributed by atoms with Crippen LogP contribution in [-0.4, -0.2) is 31.7 Å². The second-order valence-corrected chi connectivity index (χ2v) is 12.0. The summed E-state index contributed by atoms with van der Waals surface area (Å²) in [5, 5.41) is 5.53. The first-order valence-electron chi connectivity index (χ1n) is 11.5. The monoisotopic (exact) mass is 622 g/mol. The van der Waals surface area contributed by atoms with Crippen molar-refractivity contribution in [1.82, 2.24) is 9.99 Å². The van der Waals surface area contributed by atoms with Crippen LogP contribution < -0.4 is 9.73 Å². The Bertz CT molecular complexity index is 1670. The van der Waals surface area contributed by atoms with E-state index in [1.165, 1.54) is 36.5 Å². The van der Waals surface area contributed by atoms with Crippen molar-refractivity contribution in [3.05, 3.63) is 110 Å². The Kier molecular flexibility index (Phi) is 8.93. The Hall–Kier alpha value is -3.01. The van der Waals surface area contributed by atoms with Crippen LogP contribution in [0.5, 0.6) is 0 Å². The summed E-state index contributed by atoms with van der Waals surface area (Å²) in [4.78, 5) is 12.9. The molecule has 0 unspecified atom stereocenters. The van der Waals surface area contributed by atoms with Crippen LogP contribution in [0.25, 0.3) is 5.69 Å². The van der Waals surface area contributed by atoms with E-state index in [1.807, 2.05) is 24.5 Å². The number of carbonyl (C=O) groups excluding carboxylic acids is 1. The van der Waals surface area contributed by atoms with Crippen LogP contribution >= 0.6 is 46.4 Å². The van der Waals surface area contributed by atoms with Gasteiger partial charge in [-0.25, -0.2) is 13.8 Å². The fourth-order valence-electron chi connectivity index (χ4n) is 3.96. The maximum atomic E-state index is 13.4. The van der Waals surface area contributed by atoms with Gasteiger partial charge in [0.1, 0.15) is 6.54 Å². The van der Waals surface area contributed by atoms with Crippen LogP contribution in [0.1, 0.15) is 17.0 Å². The summed E-state index contributed by atoms with van der Waals surface area (Å²) in [5.41, 5.74) is 5.72. The van der Waals surface area contributed by atoms with Crippen molar-refractivity contribution in [1.29, 1.82) is 0 Å². The third kappa shape index (κ3) is 6.42. The first kappa shape index (κ1) is 29.0. The van der Waals surface area contributed by atoms with Crippen molar-refractivity contribution in [2.45, 2.75) is 18.7 Å². The predicted molar refractivity (Wildman–Crippen MR) is 158 cm³/mol. The summed E-state index contributed by atoms with van der Waals surface area (Å²) in [6, 6.07) is 19.2. The SMILES string of the molecule is Cc1cc(/C=N/NC(=O)CN(c2ccc(Cl)c(Cl)c2)S(=O)(=O)c2ccccc2)c(C)n1-c1cc(Cl)ccc1Cl. The minimum atomic E-state index is -4.11. The number of hydrogen-bond acceptors (Lipinski definition) is 4. The van der Waals surface area contributed by atoms with Gasteiger partial charge in [0.25, 0.3) is 15.9 Å². The van der Waals surface area contributed by atoms with E-state index in [1.54, 1.807) is 36.4 Å². The molecule has 0 saturated carbocycles. The maximum Gasteiger partial charge on any atom is 0.264 e. The molecule has 1 amide bonds. The first-order valence-corrected chi connectivity index (χ1v) is 14.4. The molecule has 202 valence electrons. The van der Waals surface area contributed by atoms with Crippen molar-refractivity contribution in [3.63, 3.8) is 0 Å². The molecule has 39 heavy (non-hydrogen) atoms. The predicted octanol–water partition coefficient (Wildman–Crippen LogP) is 7.05. The van der Waals surface area contributed by atoms with Crippen LogP contribution in [0.2, 0.25) is 20.1 Å². The third-order valence-electron chi connectivity index (χ3n) is 5.82. The number of rotatable bonds is 8. The molecule has 0 fully saturated rings. The highest BCUT2D eigenvalue weighted by molar-refractivity contribution is 7.92. The standard InChI is InChI=1S/C27H22Cl4N4O3S/c1-17-12-19(18(2)35(17)26-13-20(28)8-10-24(26)30)15-32-33-27(36)16-34(21-9-11-23(29)25(31)14-21)39(37,38)22-6-4-3-5-7-22/h3-15H,16H2,1-2H3,(H,33,36)/b32-15+. The molecule has 0 saturated heterocycles. The number of aryl methyl sites for hydroxylation is 1. The number of amides is 1. The second-order valence-electron chi connectivity index (χ2n) is 8.47. The van der Waals surface area contributed by atoms with E-state index < -0.39 is 22.5 Å². The molecule has 3 aromatic carbocycles. The van der Waals surface area contributed by atoms with E-state index in [4.69, 9.17) is 46.4 Å². The van der Waals surface area contributed by atoms with Crippen LogP contribution in [0, 0.1) is 13.8 Å². The van der Waals surface area contributed by atoms with E-state index in [-0.39, 0.29) is 20.6 Å². The van der Waals surface area contributed by atoms with Gasteiger partial charge in [-0.1, -0.05) is 64.6 Å². The summed E-state index contributed by atoms with van der Waals surface area (Å²) in [7, 11) is -4.11. The van der Waals surface area contributed by atoms with Gasteiger partial charge in [-0.2, -0.15) is 5.10 Å². The van der Waals surface area contributed by atoms with E-state index in [0.29, 0.717) is 15.7 Å². The second kappa shape index (κ2) is 12.0. The van der Waals surface area contributed by atoms with Gasteiger partial charge in [-0.15, -0.1) is 0 Å². The average Bonchev–Trinajstić information content (AvgIpc) is 3.18. The summed E-state index contributed by atoms with van der Waals surface area (Å²) in [6.45, 7) is 3.24. The minimum Gasteiger partial charge on any atom is -0.316 e. The lowest BCUT2D eigenvalue weighted by Crippen LogP contribution is -2.39. The Morgan fingerprint density at radius 1 is 0.923 bits per heavy atom. The molecule has 7 nitrogen and oxygen atoms in total. The summed E-state index contributed by atoms with van der Waals surface area (Å²) in [5.74, 6) is -0.663. The molecule has 0 aliphatic carbocycles. The number of nitrogens with one attached hydrogen (secondary N) is 1. The molecule has 1 heterocycles. The number of anilines is 1. The molecule has 12 heteroatoms. The van der Waals surface area contributed by atoms with Crippen molar-refractivity contribution in [2.24, 2.45) is 5.10 Å². The summed E-state index contributed by atoms with van der Waals surface area (Å²) >= 11 is 24.7. The molecule has 1 aromatic heterocycles. The number of hydrogen-bond donors (Lipinski definition) is 1. The maximum absolute atomic E-state index is 13.4. The van der Waals surface area contributed by atoms with E-state index in [9.17, 15) is 13.2 Å². The lowest BCUT2D eigenvalue weighted by Gasteiger charge is -2.24. The Morgan fingerprint density at radius 2 is 1.62 bits per heavy atom. The van der Waals surface area contributed by atoms with Crippen molar-refractivity contribution in [3.8, 4) is 5.69 Å². The normalized spacial score (nSPS) is 11.6. The number of nitrogens with zero attached hydrogens (tertiary/aromatic N) is 3. The highest BCUT2D eigenvalue weighted by atomic mass is 35.5. The molecule has 0 atom stereocenters. The molecule has 4 rings (SSSR count). The topological polar surface area (TPSA) is 83.8 Å². The van der Waals surface area contributed by atoms with E-state index >= 15 is 0 Å². The highest BCUT2D eigenvalue weighted by Crippen LogP contribution is 2.31. The molecule has 0 aliphatic rings. The van der Waals surface area contributed by atoms with Crippen LogP contribution in [0.3, 0.4) is 0 Å². The fraction of sp³-hybridized carbons (Fsp3) is 0.111. The van der Waals surface area contributed by atoms with Gasteiger partial charge in [0.2, 0.25) is 0 Å². The zero-order valence-electron chi connectivity index (χ0n) is 20.7. The van der Waals surface area contributed by atoms with Gasteiger partial charge in [-0.3, -0.25) is 9.10 Å². The van der Waals surface area contributed by atoms with E-state index in [0.717, 1.165) is 21.3 Å². The highest BCUT2D eigenvalue weighted by Gasteiger charge is 2.27. The molecular weight excluding hydrogens is 602 g/mol. The lowest BCUT2D eigenvalue weighted by atomic mass is 10.2. The number of halogens is 4. The van der Waals surface area contributed by atoms with Crippen molar-refractivity contribution in [2.75, 3.05) is 10.8 Å². The largest absolute Gasteiger partial charge is 0.316 e. The Labute approximate surface area is 246 Å². The van der Waals surface area contributed by atoms with Gasteiger partial charge in [0, 0.05) is 22.0 Å². The molecular formula is C27H22Cl4N4O3S. The quantitative estimate of drug-likeness (QED) is 0.169. The summed E-state index contributed by atoms with van der Waals surface area (Å²) < 4.78 is 29.8. The van der Waals surface area contributed by atoms with Gasteiger partial charge >= 0.3 is 0 Å². The number of carbonyl (C=O) groups is 1. The van der Waals surface area contributed by atoms with Gasteiger partial charge in [0.15, 0.2) is 0 Å².